The van der Waals surface area contributed by atoms with Crippen LogP contribution in [0.4, 0.5) is 0 Å². The molecule has 1 atom stereocenters. The molecule has 1 unspecified atom stereocenters. The molecule has 0 aliphatic carbocycles. The van der Waals surface area contributed by atoms with Crippen LogP contribution in [0.25, 0.3) is 11.4 Å². The van der Waals surface area contributed by atoms with E-state index >= 15 is 0 Å². The van der Waals surface area contributed by atoms with Crippen molar-refractivity contribution in [2.45, 2.75) is 26.3 Å². The summed E-state index contributed by atoms with van der Waals surface area (Å²) in [6.45, 7) is 4.93. The van der Waals surface area contributed by atoms with E-state index in [-0.39, 0.29) is 11.3 Å². The monoisotopic (exact) mass is 462 g/mol. The average molecular weight is 463 g/mol. The van der Waals surface area contributed by atoms with Crippen molar-refractivity contribution in [1.82, 2.24) is 19.2 Å². The fourth-order valence-electron chi connectivity index (χ4n) is 4.47. The predicted molar refractivity (Wildman–Crippen MR) is 130 cm³/mol. The van der Waals surface area contributed by atoms with Gasteiger partial charge in [0.1, 0.15) is 17.1 Å². The highest BCUT2D eigenvalue weighted by molar-refractivity contribution is 6.46. The number of benzene rings is 1. The molecule has 8 heteroatoms. The summed E-state index contributed by atoms with van der Waals surface area (Å²) in [5.74, 6) is -0.898. The lowest BCUT2D eigenvalue weighted by Gasteiger charge is -2.26. The molecule has 1 N–H and O–H groups in total. The van der Waals surface area contributed by atoms with Gasteiger partial charge in [0.25, 0.3) is 11.7 Å². The Hall–Kier alpha value is -3.65. The number of rotatable bonds is 7. The van der Waals surface area contributed by atoms with Gasteiger partial charge in [0, 0.05) is 12.7 Å². The van der Waals surface area contributed by atoms with E-state index in [2.05, 4.69) is 4.98 Å². The van der Waals surface area contributed by atoms with E-state index in [4.69, 9.17) is 4.74 Å². The SMILES string of the molecule is COc1ccc(C2/C(=C(\O)c3nc4c(C)cccn4c3C)C(=O)C(=O)N2CCCN(C)C)cc1. The van der Waals surface area contributed by atoms with Crippen LogP contribution in [-0.2, 0) is 9.59 Å². The molecule has 3 heterocycles. The summed E-state index contributed by atoms with van der Waals surface area (Å²) in [7, 11) is 5.50. The number of aliphatic hydroxyl groups is 1. The molecular formula is C26H30N4O4. The van der Waals surface area contributed by atoms with Crippen LogP contribution in [0.1, 0.15) is 35.0 Å². The minimum atomic E-state index is -0.710. The third-order valence-corrected chi connectivity index (χ3v) is 6.28. The molecule has 1 saturated heterocycles. The number of Topliss-reactive ketones (excluding diaryl/α,β-unsaturated/α-hetero) is 1. The van der Waals surface area contributed by atoms with Crippen LogP contribution in [0.5, 0.6) is 5.75 Å². The van der Waals surface area contributed by atoms with E-state index in [1.807, 2.05) is 67.7 Å². The molecule has 34 heavy (non-hydrogen) atoms. The van der Waals surface area contributed by atoms with Crippen LogP contribution in [0.15, 0.2) is 48.2 Å². The average Bonchev–Trinajstić information content (AvgIpc) is 3.29. The topological polar surface area (TPSA) is 87.4 Å². The van der Waals surface area contributed by atoms with Gasteiger partial charge in [0.05, 0.1) is 24.4 Å². The first-order valence-electron chi connectivity index (χ1n) is 11.3. The second-order valence-corrected chi connectivity index (χ2v) is 8.85. The number of hydrogen-bond donors (Lipinski definition) is 1. The fraction of sp³-hybridized carbons (Fsp3) is 0.346. The van der Waals surface area contributed by atoms with Gasteiger partial charge in [-0.1, -0.05) is 18.2 Å². The molecule has 1 aromatic carbocycles. The number of aliphatic hydroxyl groups excluding tert-OH is 1. The largest absolute Gasteiger partial charge is 0.505 e. The maximum Gasteiger partial charge on any atom is 0.295 e. The van der Waals surface area contributed by atoms with Gasteiger partial charge in [-0.15, -0.1) is 0 Å². The Labute approximate surface area is 199 Å². The van der Waals surface area contributed by atoms with Crippen molar-refractivity contribution in [2.24, 2.45) is 0 Å². The van der Waals surface area contributed by atoms with E-state index < -0.39 is 17.7 Å². The lowest BCUT2D eigenvalue weighted by Crippen LogP contribution is -2.32. The Bertz CT molecular complexity index is 1270. The molecule has 2 aromatic heterocycles. The van der Waals surface area contributed by atoms with E-state index in [1.165, 1.54) is 0 Å². The van der Waals surface area contributed by atoms with Crippen LogP contribution in [0.2, 0.25) is 0 Å². The number of ether oxygens (including phenoxy) is 1. The molecule has 1 aliphatic rings. The number of pyridine rings is 1. The molecule has 0 radical (unpaired) electrons. The Morgan fingerprint density at radius 2 is 1.85 bits per heavy atom. The van der Waals surface area contributed by atoms with Gasteiger partial charge in [0.15, 0.2) is 5.76 Å². The number of aromatic nitrogens is 2. The number of hydrogen-bond acceptors (Lipinski definition) is 6. The summed E-state index contributed by atoms with van der Waals surface area (Å²) in [5.41, 5.74) is 3.43. The van der Waals surface area contributed by atoms with Gasteiger partial charge in [-0.3, -0.25) is 9.59 Å². The lowest BCUT2D eigenvalue weighted by molar-refractivity contribution is -0.139. The highest BCUT2D eigenvalue weighted by Gasteiger charge is 2.46. The normalized spacial score (nSPS) is 17.8. The smallest absolute Gasteiger partial charge is 0.295 e. The van der Waals surface area contributed by atoms with Crippen molar-refractivity contribution >= 4 is 23.1 Å². The standard InChI is InChI=1S/C26H30N4O4/c1-16-8-6-14-29-17(2)21(27-25(16)29)23(31)20-22(18-9-11-19(34-5)12-10-18)30(26(33)24(20)32)15-7-13-28(3)4/h6,8-12,14,22,31H,7,13,15H2,1-5H3/b23-20+. The third kappa shape index (κ3) is 4.05. The molecule has 1 fully saturated rings. The maximum absolute atomic E-state index is 13.2. The molecule has 8 nitrogen and oxygen atoms in total. The van der Waals surface area contributed by atoms with Crippen molar-refractivity contribution < 1.29 is 19.4 Å². The second kappa shape index (κ2) is 9.30. The number of ketones is 1. The van der Waals surface area contributed by atoms with Crippen LogP contribution in [0.3, 0.4) is 0 Å². The van der Waals surface area contributed by atoms with Crippen LogP contribution >= 0.6 is 0 Å². The first-order chi connectivity index (χ1) is 16.2. The molecule has 0 saturated carbocycles. The predicted octanol–water partition coefficient (Wildman–Crippen LogP) is 3.33. The van der Waals surface area contributed by atoms with Gasteiger partial charge >= 0.3 is 0 Å². The maximum atomic E-state index is 13.2. The molecule has 1 aliphatic heterocycles. The summed E-state index contributed by atoms with van der Waals surface area (Å²) in [5, 5.41) is 11.4. The van der Waals surface area contributed by atoms with E-state index in [0.717, 1.165) is 17.7 Å². The molecule has 3 aromatic rings. The lowest BCUT2D eigenvalue weighted by atomic mass is 9.96. The van der Waals surface area contributed by atoms with Crippen molar-refractivity contribution in [3.63, 3.8) is 0 Å². The van der Waals surface area contributed by atoms with Crippen LogP contribution in [-0.4, -0.2) is 70.3 Å². The minimum Gasteiger partial charge on any atom is -0.505 e. The number of likely N-dealkylation sites (tertiary alicyclic amines) is 1. The quantitative estimate of drug-likeness (QED) is 0.329. The zero-order valence-corrected chi connectivity index (χ0v) is 20.2. The Morgan fingerprint density at radius 1 is 1.15 bits per heavy atom. The van der Waals surface area contributed by atoms with Crippen LogP contribution < -0.4 is 4.74 Å². The molecule has 178 valence electrons. The first-order valence-corrected chi connectivity index (χ1v) is 11.3. The Morgan fingerprint density at radius 3 is 2.47 bits per heavy atom. The number of amides is 1. The first kappa shape index (κ1) is 23.5. The Kier molecular flexibility index (Phi) is 6.43. The van der Waals surface area contributed by atoms with Gasteiger partial charge in [-0.25, -0.2) is 4.98 Å². The molecule has 0 spiro atoms. The van der Waals surface area contributed by atoms with E-state index in [1.54, 1.807) is 24.1 Å². The fourth-order valence-corrected chi connectivity index (χ4v) is 4.47. The Balaban J connectivity index is 1.86. The zero-order valence-electron chi connectivity index (χ0n) is 20.2. The number of aryl methyl sites for hydroxylation is 2. The molecule has 4 rings (SSSR count). The summed E-state index contributed by atoms with van der Waals surface area (Å²) < 4.78 is 7.14. The van der Waals surface area contributed by atoms with E-state index in [0.29, 0.717) is 35.8 Å². The van der Waals surface area contributed by atoms with Crippen molar-refractivity contribution in [2.75, 3.05) is 34.3 Å². The number of methoxy groups -OCH3 is 1. The van der Waals surface area contributed by atoms with Crippen molar-refractivity contribution in [3.05, 3.63) is 70.7 Å². The van der Waals surface area contributed by atoms with Crippen molar-refractivity contribution in [1.29, 1.82) is 0 Å². The number of carbonyl (C=O) groups is 2. The summed E-state index contributed by atoms with van der Waals surface area (Å²) in [6, 6.07) is 10.3. The van der Waals surface area contributed by atoms with Crippen molar-refractivity contribution in [3.8, 4) is 5.75 Å². The number of imidazole rings is 1. The number of carbonyl (C=O) groups excluding carboxylic acids is 2. The number of fused-ring (bicyclic) bond motifs is 1. The molecular weight excluding hydrogens is 432 g/mol. The van der Waals surface area contributed by atoms with Gasteiger partial charge in [-0.2, -0.15) is 0 Å². The summed E-state index contributed by atoms with van der Waals surface area (Å²) in [4.78, 5) is 34.6. The van der Waals surface area contributed by atoms with E-state index in [9.17, 15) is 14.7 Å². The van der Waals surface area contributed by atoms with Gasteiger partial charge in [0.2, 0.25) is 0 Å². The summed E-state index contributed by atoms with van der Waals surface area (Å²) in [6.07, 6.45) is 2.56. The van der Waals surface area contributed by atoms with Gasteiger partial charge < -0.3 is 24.0 Å². The second-order valence-electron chi connectivity index (χ2n) is 8.85. The zero-order chi connectivity index (χ0) is 24.6. The molecule has 1 amide bonds. The highest BCUT2D eigenvalue weighted by atomic mass is 16.5. The van der Waals surface area contributed by atoms with Gasteiger partial charge in [-0.05, 0) is 70.2 Å². The third-order valence-electron chi connectivity index (χ3n) is 6.28. The minimum absolute atomic E-state index is 0.0594. The highest BCUT2D eigenvalue weighted by Crippen LogP contribution is 2.40. The van der Waals surface area contributed by atoms with Crippen LogP contribution in [0, 0.1) is 13.8 Å². The number of nitrogens with zero attached hydrogens (tertiary/aromatic N) is 4. The summed E-state index contributed by atoms with van der Waals surface area (Å²) >= 11 is 0. The molecule has 0 bridgehead atoms.